The molecule has 5 heterocycles. The third-order valence-electron chi connectivity index (χ3n) is 10.2. The maximum absolute atomic E-state index is 14.7. The molecule has 3 aliphatic heterocycles. The van der Waals surface area contributed by atoms with Crippen LogP contribution < -0.4 is 4.90 Å². The number of hydrogen-bond acceptors (Lipinski definition) is 10. The van der Waals surface area contributed by atoms with E-state index in [9.17, 15) is 18.8 Å². The lowest BCUT2D eigenvalue weighted by Crippen LogP contribution is -2.64. The Morgan fingerprint density at radius 2 is 1.77 bits per heavy atom. The Bertz CT molecular complexity index is 1810. The van der Waals surface area contributed by atoms with Crippen molar-refractivity contribution < 1.29 is 33.0 Å². The molecule has 282 valence electrons. The van der Waals surface area contributed by atoms with Gasteiger partial charge in [-0.25, -0.2) is 14.0 Å². The lowest BCUT2D eigenvalue weighted by Gasteiger charge is -2.47. The van der Waals surface area contributed by atoms with Crippen LogP contribution in [0.4, 0.5) is 14.9 Å². The Hall–Kier alpha value is -4.14. The molecule has 0 saturated carbocycles. The molecular weight excluding hydrogens is 669 g/mol. The minimum Gasteiger partial charge on any atom is -0.460 e. The van der Waals surface area contributed by atoms with E-state index in [0.29, 0.717) is 57.1 Å². The van der Waals surface area contributed by atoms with Crippen LogP contribution >= 0.6 is 0 Å². The number of carbonyl (C=O) groups is 3. The average Bonchev–Trinajstić information content (AvgIpc) is 3.62. The summed E-state index contributed by atoms with van der Waals surface area (Å²) in [5, 5.41) is 8.71. The Morgan fingerprint density at radius 3 is 2.44 bits per heavy atom. The number of rotatable bonds is 8. The molecule has 6 rings (SSSR count). The highest BCUT2D eigenvalue weighted by Gasteiger charge is 2.44. The first-order chi connectivity index (χ1) is 24.6. The number of benzene rings is 1. The molecule has 0 unspecified atom stereocenters. The van der Waals surface area contributed by atoms with Crippen molar-refractivity contribution in [2.45, 2.75) is 91.0 Å². The molecular formula is C38H52FN7O6. The lowest BCUT2D eigenvalue weighted by atomic mass is 9.90. The van der Waals surface area contributed by atoms with E-state index in [-0.39, 0.29) is 54.9 Å². The average molecular weight is 722 g/mol. The van der Waals surface area contributed by atoms with Crippen molar-refractivity contribution in [3.63, 3.8) is 0 Å². The van der Waals surface area contributed by atoms with Gasteiger partial charge >= 0.3 is 12.1 Å². The fraction of sp³-hybridized carbons (Fsp3) is 0.605. The number of halogens is 1. The number of piperazine rings is 1. The molecule has 1 aromatic carbocycles. The number of hydrogen-bond donors (Lipinski definition) is 0. The number of pyridine rings is 1. The van der Waals surface area contributed by atoms with E-state index in [4.69, 9.17) is 14.2 Å². The predicted octanol–water partition coefficient (Wildman–Crippen LogP) is 4.29. The number of esters is 1. The fourth-order valence-electron chi connectivity index (χ4n) is 7.64. The number of amides is 2. The summed E-state index contributed by atoms with van der Waals surface area (Å²) in [6.45, 7) is 19.8. The predicted molar refractivity (Wildman–Crippen MR) is 193 cm³/mol. The Labute approximate surface area is 305 Å². The molecule has 13 nitrogen and oxygen atoms in total. The van der Waals surface area contributed by atoms with Gasteiger partial charge in [0.15, 0.2) is 5.65 Å². The highest BCUT2D eigenvalue weighted by molar-refractivity contribution is 5.98. The maximum atomic E-state index is 14.7. The first-order valence-corrected chi connectivity index (χ1v) is 18.2. The normalized spacial score (nSPS) is 22.4. The SMILES string of the molecule is CCOC(=O)c1nnc2c(Cc3ccc(F)cc3)cc3c(n12)C(C)(C)CN3C(=O)CN1C[C@@H](C)N(C(=O)OC(C)(C)C)C[C@@H]1CN1CCOC[C@H]1C. The van der Waals surface area contributed by atoms with E-state index < -0.39 is 17.0 Å². The van der Waals surface area contributed by atoms with Gasteiger partial charge in [0.25, 0.3) is 0 Å². The molecule has 2 amide bonds. The molecule has 0 N–H and O–H groups in total. The van der Waals surface area contributed by atoms with Crippen molar-refractivity contribution in [1.82, 2.24) is 29.3 Å². The quantitative estimate of drug-likeness (QED) is 0.312. The number of anilines is 1. The molecule has 3 atom stereocenters. The van der Waals surface area contributed by atoms with E-state index in [2.05, 4.69) is 26.9 Å². The van der Waals surface area contributed by atoms with Crippen LogP contribution in [0.3, 0.4) is 0 Å². The van der Waals surface area contributed by atoms with Crippen LogP contribution in [0.2, 0.25) is 0 Å². The molecule has 2 fully saturated rings. The van der Waals surface area contributed by atoms with Gasteiger partial charge in [0.05, 0.1) is 37.7 Å². The summed E-state index contributed by atoms with van der Waals surface area (Å²) in [4.78, 5) is 49.4. The smallest absolute Gasteiger partial charge is 0.410 e. The number of morpholine rings is 1. The number of ether oxygens (including phenoxy) is 3. The Morgan fingerprint density at radius 1 is 1.04 bits per heavy atom. The van der Waals surface area contributed by atoms with Crippen LogP contribution in [-0.4, -0.2) is 130 Å². The van der Waals surface area contributed by atoms with Crippen molar-refractivity contribution in [3.05, 3.63) is 58.8 Å². The Kier molecular flexibility index (Phi) is 10.6. The van der Waals surface area contributed by atoms with Gasteiger partial charge in [-0.1, -0.05) is 26.0 Å². The van der Waals surface area contributed by atoms with Crippen molar-refractivity contribution in [3.8, 4) is 0 Å². The molecule has 3 aromatic rings. The number of carbonyl (C=O) groups excluding carboxylic acids is 3. The van der Waals surface area contributed by atoms with Crippen LogP contribution in [0.15, 0.2) is 30.3 Å². The molecule has 2 saturated heterocycles. The van der Waals surface area contributed by atoms with E-state index in [1.807, 2.05) is 47.6 Å². The van der Waals surface area contributed by atoms with Gasteiger partial charge in [0.1, 0.15) is 11.4 Å². The second-order valence-corrected chi connectivity index (χ2v) is 16.0. The number of aromatic nitrogens is 3. The van der Waals surface area contributed by atoms with E-state index >= 15 is 0 Å². The lowest BCUT2D eigenvalue weighted by molar-refractivity contribution is -0.121. The summed E-state index contributed by atoms with van der Waals surface area (Å²) in [5.41, 5.74) is 2.27. The second-order valence-electron chi connectivity index (χ2n) is 16.0. The molecule has 0 radical (unpaired) electrons. The van der Waals surface area contributed by atoms with Gasteiger partial charge in [-0.15, -0.1) is 10.2 Å². The van der Waals surface area contributed by atoms with Gasteiger partial charge in [-0.2, -0.15) is 0 Å². The Balaban J connectivity index is 1.35. The third kappa shape index (κ3) is 7.79. The summed E-state index contributed by atoms with van der Waals surface area (Å²) in [6.07, 6.45) is 0.0232. The molecule has 14 heteroatoms. The van der Waals surface area contributed by atoms with Crippen molar-refractivity contribution in [2.24, 2.45) is 0 Å². The minimum absolute atomic E-state index is 0.0446. The zero-order valence-corrected chi connectivity index (χ0v) is 31.6. The molecule has 0 spiro atoms. The van der Waals surface area contributed by atoms with Crippen LogP contribution in [0.1, 0.15) is 82.8 Å². The van der Waals surface area contributed by atoms with Gasteiger partial charge in [-0.3, -0.25) is 19.0 Å². The van der Waals surface area contributed by atoms with Gasteiger partial charge in [0.2, 0.25) is 11.7 Å². The molecule has 0 aliphatic carbocycles. The summed E-state index contributed by atoms with van der Waals surface area (Å²) in [6, 6.07) is 8.08. The second kappa shape index (κ2) is 14.7. The zero-order chi connectivity index (χ0) is 37.5. The molecule has 52 heavy (non-hydrogen) atoms. The largest absolute Gasteiger partial charge is 0.460 e. The first kappa shape index (κ1) is 37.6. The summed E-state index contributed by atoms with van der Waals surface area (Å²) >= 11 is 0. The highest BCUT2D eigenvalue weighted by atomic mass is 19.1. The van der Waals surface area contributed by atoms with Crippen molar-refractivity contribution in [2.75, 3.05) is 64.0 Å². The van der Waals surface area contributed by atoms with Crippen LogP contribution in [0, 0.1) is 5.82 Å². The summed E-state index contributed by atoms with van der Waals surface area (Å²) in [5.74, 6) is -0.990. The van der Waals surface area contributed by atoms with Crippen molar-refractivity contribution in [1.29, 1.82) is 0 Å². The van der Waals surface area contributed by atoms with Crippen LogP contribution in [0.25, 0.3) is 5.65 Å². The van der Waals surface area contributed by atoms with Gasteiger partial charge < -0.3 is 24.0 Å². The summed E-state index contributed by atoms with van der Waals surface area (Å²) in [7, 11) is 0. The molecule has 2 aromatic heterocycles. The monoisotopic (exact) mass is 721 g/mol. The minimum atomic E-state index is -0.632. The topological polar surface area (TPSA) is 122 Å². The third-order valence-corrected chi connectivity index (χ3v) is 10.2. The zero-order valence-electron chi connectivity index (χ0n) is 31.6. The summed E-state index contributed by atoms with van der Waals surface area (Å²) < 4.78 is 32.4. The van der Waals surface area contributed by atoms with Crippen LogP contribution in [-0.2, 0) is 30.8 Å². The fourth-order valence-corrected chi connectivity index (χ4v) is 7.64. The van der Waals surface area contributed by atoms with E-state index in [0.717, 1.165) is 23.4 Å². The molecule has 3 aliphatic rings. The first-order valence-electron chi connectivity index (χ1n) is 18.2. The van der Waals surface area contributed by atoms with E-state index in [1.165, 1.54) is 12.1 Å². The van der Waals surface area contributed by atoms with Crippen LogP contribution in [0.5, 0.6) is 0 Å². The highest BCUT2D eigenvalue weighted by Crippen LogP contribution is 2.43. The maximum Gasteiger partial charge on any atom is 0.410 e. The van der Waals surface area contributed by atoms with E-state index in [1.54, 1.807) is 33.3 Å². The van der Waals surface area contributed by atoms with Gasteiger partial charge in [0, 0.05) is 68.2 Å². The van der Waals surface area contributed by atoms with Gasteiger partial charge in [-0.05, 0) is 65.3 Å². The molecule has 0 bridgehead atoms. The number of fused-ring (bicyclic) bond motifs is 3. The standard InChI is InChI=1S/C38H52FN7O6/c1-9-51-35(48)34-41-40-33-27(16-26-10-12-28(39)13-11-26)17-30-32(46(33)34)38(7,8)23-45(30)31(47)21-43-18-24(2)44(36(49)52-37(4,5)6)20-29(43)19-42-14-15-50-22-25(42)3/h10-13,17,24-25,29H,9,14-16,18-23H2,1-8H3/t24-,25-,29+/m1/s1. The van der Waals surface area contributed by atoms with Crippen molar-refractivity contribution >= 4 is 29.3 Å². The number of nitrogens with zero attached hydrogens (tertiary/aromatic N) is 7.